The zero-order valence-electron chi connectivity index (χ0n) is 36.7. The van der Waals surface area contributed by atoms with Gasteiger partial charge in [0.05, 0.1) is 27.1 Å². The van der Waals surface area contributed by atoms with Crippen LogP contribution < -0.4 is 15.9 Å². The Morgan fingerprint density at radius 3 is 1.22 bits per heavy atom. The van der Waals surface area contributed by atoms with Gasteiger partial charge >= 0.3 is 23.9 Å². The Morgan fingerprint density at radius 2 is 0.914 bits per heavy atom. The van der Waals surface area contributed by atoms with E-state index in [1.165, 1.54) is 20.3 Å². The van der Waals surface area contributed by atoms with E-state index in [-0.39, 0.29) is 42.6 Å². The molecule has 58 heavy (non-hydrogen) atoms. The van der Waals surface area contributed by atoms with Gasteiger partial charge in [-0.25, -0.2) is 9.59 Å². The van der Waals surface area contributed by atoms with Crippen LogP contribution in [0.4, 0.5) is 0 Å². The lowest BCUT2D eigenvalue weighted by molar-refractivity contribution is -0.157. The fraction of sp³-hybridized carbons (Fsp3) is 0.458. The van der Waals surface area contributed by atoms with Crippen molar-refractivity contribution < 1.29 is 42.9 Å². The van der Waals surface area contributed by atoms with E-state index in [4.69, 9.17) is 14.2 Å². The molecule has 318 valence electrons. The van der Waals surface area contributed by atoms with Gasteiger partial charge < -0.3 is 23.7 Å². The van der Waals surface area contributed by atoms with Gasteiger partial charge in [-0.05, 0) is 94.9 Å². The van der Waals surface area contributed by atoms with Crippen molar-refractivity contribution in [2.75, 3.05) is 14.2 Å². The van der Waals surface area contributed by atoms with Crippen LogP contribution in [-0.4, -0.2) is 61.4 Å². The molecule has 0 saturated heterocycles. The van der Waals surface area contributed by atoms with E-state index in [0.717, 1.165) is 35.0 Å². The average molecular weight is 819 g/mol. The molecule has 0 saturated carbocycles. The SMILES string of the molecule is CC(C)C[C@@H](C=O)CC(=O)OC(C)(C)C.COC(=O)/C=C/[C@@H](CC(=O)OC(C)(C)C)CC(C)C.COC(=O)C=P(c1ccccc1)(c1ccccc1)c1ccccc1. The van der Waals surface area contributed by atoms with Gasteiger partial charge in [0.2, 0.25) is 0 Å². The van der Waals surface area contributed by atoms with Crippen molar-refractivity contribution in [2.45, 2.75) is 106 Å². The Morgan fingerprint density at radius 1 is 0.569 bits per heavy atom. The maximum absolute atomic E-state index is 12.3. The van der Waals surface area contributed by atoms with E-state index in [1.54, 1.807) is 11.9 Å². The summed E-state index contributed by atoms with van der Waals surface area (Å²) >= 11 is 0. The van der Waals surface area contributed by atoms with E-state index in [9.17, 15) is 24.0 Å². The summed E-state index contributed by atoms with van der Waals surface area (Å²) in [7, 11) is 2.76. The highest BCUT2D eigenvalue weighted by Gasteiger charge is 2.27. The molecule has 0 aliphatic rings. The molecule has 0 aliphatic carbocycles. The molecular weight excluding hydrogens is 751 g/mol. The maximum Gasteiger partial charge on any atom is 0.331 e. The summed E-state index contributed by atoms with van der Waals surface area (Å²) in [6, 6.07) is 30.6. The van der Waals surface area contributed by atoms with Crippen LogP contribution in [-0.2, 0) is 42.9 Å². The van der Waals surface area contributed by atoms with E-state index < -0.39 is 24.1 Å². The normalized spacial score (nSPS) is 12.5. The number of benzene rings is 3. The number of allylic oxidation sites excluding steroid dienone is 1. The van der Waals surface area contributed by atoms with E-state index in [1.807, 2.05) is 110 Å². The Kier molecular flexibility index (Phi) is 22.6. The van der Waals surface area contributed by atoms with Gasteiger partial charge in [-0.1, -0.05) is 125 Å². The lowest BCUT2D eigenvalue weighted by Gasteiger charge is -2.28. The van der Waals surface area contributed by atoms with Crippen molar-refractivity contribution >= 4 is 58.8 Å². The summed E-state index contributed by atoms with van der Waals surface area (Å²) in [5, 5.41) is 3.40. The largest absolute Gasteiger partial charge is 0.466 e. The topological polar surface area (TPSA) is 122 Å². The number of ether oxygens (including phenoxy) is 4. The fourth-order valence-corrected chi connectivity index (χ4v) is 9.67. The van der Waals surface area contributed by atoms with Gasteiger partial charge in [-0.15, -0.1) is 0 Å². The Balaban J connectivity index is 0.000000450. The van der Waals surface area contributed by atoms with Crippen LogP contribution in [0.3, 0.4) is 0 Å². The van der Waals surface area contributed by atoms with Crippen molar-refractivity contribution in [1.82, 2.24) is 0 Å². The Bertz CT molecular complexity index is 1660. The predicted octanol–water partition coefficient (Wildman–Crippen LogP) is 8.64. The fourth-order valence-electron chi connectivity index (χ4n) is 5.98. The minimum atomic E-state index is -2.23. The van der Waals surface area contributed by atoms with Crippen LogP contribution >= 0.6 is 6.89 Å². The first kappa shape index (κ1) is 51.3. The summed E-state index contributed by atoms with van der Waals surface area (Å²) in [5.41, 5.74) is -0.951. The number of rotatable bonds is 15. The molecule has 3 aromatic carbocycles. The third-order valence-electron chi connectivity index (χ3n) is 8.13. The molecule has 0 radical (unpaired) electrons. The summed E-state index contributed by atoms with van der Waals surface area (Å²) in [6.07, 6.45) is 5.99. The Labute approximate surface area is 347 Å². The standard InChI is InChI=1S/C21H19O2P.C15H26O4.C12H22O3/c1-23-21(22)17-24(18-11-5-2-6-12-18,19-13-7-3-8-14-19)20-15-9-4-10-16-20;1-11(2)9-12(7-8-13(16)18-6)10-14(17)19-15(3,4)5;1-9(2)6-10(8-13)7-11(14)15-12(3,4)5/h2-17H,1H3;7-8,11-12H,9-10H2,1-6H3;8-10H,6-7H2,1-5H3/b;8-7+;/t;12-;10-/m.11/s1. The first-order chi connectivity index (χ1) is 27.1. The highest BCUT2D eigenvalue weighted by molar-refractivity contribution is 7.95. The number of hydrogen-bond donors (Lipinski definition) is 0. The number of esters is 4. The van der Waals surface area contributed by atoms with Gasteiger partial charge in [0, 0.05) is 17.8 Å². The zero-order valence-corrected chi connectivity index (χ0v) is 37.6. The summed E-state index contributed by atoms with van der Waals surface area (Å²) in [6.45, 7) is 17.0. The van der Waals surface area contributed by atoms with Crippen molar-refractivity contribution in [2.24, 2.45) is 23.7 Å². The molecule has 10 heteroatoms. The lowest BCUT2D eigenvalue weighted by Crippen LogP contribution is -2.28. The summed E-state index contributed by atoms with van der Waals surface area (Å²) in [5.74, 6) is 1.17. The minimum absolute atomic E-state index is 0.00560. The summed E-state index contributed by atoms with van der Waals surface area (Å²) < 4.78 is 20.0. The third-order valence-corrected chi connectivity index (χ3v) is 12.1. The zero-order chi connectivity index (χ0) is 43.9. The lowest BCUT2D eigenvalue weighted by atomic mass is 9.93. The molecule has 0 N–H and O–H groups in total. The van der Waals surface area contributed by atoms with Gasteiger partial charge in [-0.3, -0.25) is 9.59 Å². The first-order valence-corrected chi connectivity index (χ1v) is 21.7. The summed E-state index contributed by atoms with van der Waals surface area (Å²) in [4.78, 5) is 57.3. The van der Waals surface area contributed by atoms with E-state index >= 15 is 0 Å². The molecule has 0 fully saturated rings. The predicted molar refractivity (Wildman–Crippen MR) is 237 cm³/mol. The Hall–Kier alpha value is -4.75. The van der Waals surface area contributed by atoms with Crippen LogP contribution in [0.1, 0.15) is 94.9 Å². The van der Waals surface area contributed by atoms with Gasteiger partial charge in [0.25, 0.3) is 0 Å². The minimum Gasteiger partial charge on any atom is -0.466 e. The molecule has 0 bridgehead atoms. The smallest absolute Gasteiger partial charge is 0.331 e. The van der Waals surface area contributed by atoms with Crippen molar-refractivity contribution in [3.8, 4) is 0 Å². The molecule has 3 aromatic rings. The van der Waals surface area contributed by atoms with Crippen LogP contribution in [0.5, 0.6) is 0 Å². The molecule has 0 amide bonds. The van der Waals surface area contributed by atoms with Gasteiger partial charge in [0.15, 0.2) is 0 Å². The molecule has 0 unspecified atom stereocenters. The molecule has 9 nitrogen and oxygen atoms in total. The second-order valence-electron chi connectivity index (χ2n) is 16.8. The highest BCUT2D eigenvalue weighted by atomic mass is 31.2. The molecule has 0 aromatic heterocycles. The van der Waals surface area contributed by atoms with Crippen LogP contribution in [0.25, 0.3) is 0 Å². The molecule has 2 atom stereocenters. The molecule has 0 heterocycles. The quantitative estimate of drug-likeness (QED) is 0.0488. The number of carbonyl (C=O) groups excluding carboxylic acids is 5. The van der Waals surface area contributed by atoms with Crippen LogP contribution in [0, 0.1) is 23.7 Å². The second kappa shape index (κ2) is 25.6. The van der Waals surface area contributed by atoms with E-state index in [0.29, 0.717) is 11.8 Å². The number of carbonyl (C=O) groups is 5. The molecule has 0 spiro atoms. The maximum atomic E-state index is 12.3. The first-order valence-electron chi connectivity index (χ1n) is 19.8. The second-order valence-corrected chi connectivity index (χ2v) is 20.0. The van der Waals surface area contributed by atoms with Crippen molar-refractivity contribution in [3.05, 3.63) is 103 Å². The number of hydrogen-bond acceptors (Lipinski definition) is 9. The van der Waals surface area contributed by atoms with Crippen molar-refractivity contribution in [3.63, 3.8) is 0 Å². The van der Waals surface area contributed by atoms with E-state index in [2.05, 4.69) is 55.0 Å². The third kappa shape index (κ3) is 20.6. The van der Waals surface area contributed by atoms with Crippen LogP contribution in [0.2, 0.25) is 0 Å². The molecular formula is C48H67O9P. The number of methoxy groups -OCH3 is 2. The average Bonchev–Trinajstić information content (AvgIpc) is 3.15. The van der Waals surface area contributed by atoms with Crippen molar-refractivity contribution in [1.29, 1.82) is 0 Å². The number of aldehydes is 1. The monoisotopic (exact) mass is 818 g/mol. The van der Waals surface area contributed by atoms with Crippen LogP contribution in [0.15, 0.2) is 103 Å². The van der Waals surface area contributed by atoms with Gasteiger partial charge in [-0.2, -0.15) is 0 Å². The molecule has 0 aliphatic heterocycles. The highest BCUT2D eigenvalue weighted by Crippen LogP contribution is 2.43. The molecule has 3 rings (SSSR count). The van der Waals surface area contributed by atoms with Gasteiger partial charge in [0.1, 0.15) is 17.5 Å².